The molecular weight excluding hydrogens is 380 g/mol. The number of esters is 1. The Morgan fingerprint density at radius 3 is 2.69 bits per heavy atom. The maximum Gasteiger partial charge on any atom is 0.323 e. The molecule has 0 aliphatic carbocycles. The number of thioether (sulfide) groups is 1. The van der Waals surface area contributed by atoms with E-state index in [1.165, 1.54) is 29.3 Å². The van der Waals surface area contributed by atoms with Crippen LogP contribution in [-0.2, 0) is 22.5 Å². The maximum absolute atomic E-state index is 12.8. The summed E-state index contributed by atoms with van der Waals surface area (Å²) >= 11 is 1.95. The van der Waals surface area contributed by atoms with E-state index in [1.54, 1.807) is 0 Å². The summed E-state index contributed by atoms with van der Waals surface area (Å²) < 4.78 is 5.24. The number of methoxy groups -OCH3 is 1. The number of nitrogens with one attached hydrogen (secondary N) is 1. The molecule has 0 saturated heterocycles. The van der Waals surface area contributed by atoms with Crippen molar-refractivity contribution in [1.82, 2.24) is 9.88 Å². The number of hydrogen-bond acceptors (Lipinski definition) is 4. The van der Waals surface area contributed by atoms with Crippen LogP contribution in [0.2, 0.25) is 0 Å². The van der Waals surface area contributed by atoms with Gasteiger partial charge in [-0.15, -0.1) is 0 Å². The number of fused-ring (bicyclic) bond motifs is 3. The quantitative estimate of drug-likeness (QED) is 0.444. The number of carbonyl (C=O) groups is 1. The van der Waals surface area contributed by atoms with Gasteiger partial charge in [0.25, 0.3) is 0 Å². The van der Waals surface area contributed by atoms with Crippen molar-refractivity contribution in [2.45, 2.75) is 38.4 Å². The summed E-state index contributed by atoms with van der Waals surface area (Å²) in [5, 5.41) is 1.23. The molecule has 1 aliphatic heterocycles. The molecule has 0 fully saturated rings. The maximum atomic E-state index is 12.8. The van der Waals surface area contributed by atoms with Crippen LogP contribution in [0.25, 0.3) is 10.9 Å². The Bertz CT molecular complexity index is 969. The number of hydrogen-bond donors (Lipinski definition) is 1. The van der Waals surface area contributed by atoms with Gasteiger partial charge < -0.3 is 9.72 Å². The highest BCUT2D eigenvalue weighted by atomic mass is 32.2. The number of para-hydroxylation sites is 1. The monoisotopic (exact) mass is 408 g/mol. The predicted octanol–water partition coefficient (Wildman–Crippen LogP) is 4.95. The van der Waals surface area contributed by atoms with E-state index in [1.807, 2.05) is 17.8 Å². The first kappa shape index (κ1) is 20.0. The molecule has 1 N–H and O–H groups in total. The van der Waals surface area contributed by atoms with Crippen LogP contribution in [0.1, 0.15) is 36.2 Å². The van der Waals surface area contributed by atoms with Crippen LogP contribution in [-0.4, -0.2) is 40.5 Å². The van der Waals surface area contributed by atoms with E-state index in [9.17, 15) is 4.79 Å². The van der Waals surface area contributed by atoms with E-state index >= 15 is 0 Å². The van der Waals surface area contributed by atoms with E-state index in [0.717, 1.165) is 30.0 Å². The Labute approximate surface area is 176 Å². The average molecular weight is 409 g/mol. The van der Waals surface area contributed by atoms with Gasteiger partial charge in [0.15, 0.2) is 0 Å². The summed E-state index contributed by atoms with van der Waals surface area (Å²) in [6, 6.07) is 18.7. The molecule has 0 saturated carbocycles. The Morgan fingerprint density at radius 1 is 1.17 bits per heavy atom. The lowest BCUT2D eigenvalue weighted by Crippen LogP contribution is -2.48. The summed E-state index contributed by atoms with van der Waals surface area (Å²) in [6.07, 6.45) is 1.68. The second kappa shape index (κ2) is 9.06. The molecule has 2 heterocycles. The van der Waals surface area contributed by atoms with Gasteiger partial charge in [0, 0.05) is 29.6 Å². The smallest absolute Gasteiger partial charge is 0.323 e. The van der Waals surface area contributed by atoms with Crippen molar-refractivity contribution in [3.8, 4) is 0 Å². The van der Waals surface area contributed by atoms with Crippen molar-refractivity contribution in [2.75, 3.05) is 18.6 Å². The third-order valence-corrected chi connectivity index (χ3v) is 6.73. The highest BCUT2D eigenvalue weighted by molar-refractivity contribution is 7.99. The van der Waals surface area contributed by atoms with Crippen LogP contribution in [0.4, 0.5) is 0 Å². The molecule has 0 amide bonds. The minimum atomic E-state index is -0.275. The molecule has 0 bridgehead atoms. The Morgan fingerprint density at radius 2 is 1.93 bits per heavy atom. The van der Waals surface area contributed by atoms with Gasteiger partial charge in [-0.05, 0) is 35.1 Å². The van der Waals surface area contributed by atoms with Gasteiger partial charge in [-0.3, -0.25) is 9.69 Å². The van der Waals surface area contributed by atoms with Crippen LogP contribution in [0.5, 0.6) is 0 Å². The summed E-state index contributed by atoms with van der Waals surface area (Å²) in [7, 11) is 1.50. The number of ether oxygens (including phenoxy) is 1. The summed E-state index contributed by atoms with van der Waals surface area (Å²) in [5.74, 6) is 2.02. The molecule has 2 atom stereocenters. The van der Waals surface area contributed by atoms with Crippen LogP contribution >= 0.6 is 11.8 Å². The fourth-order valence-corrected chi connectivity index (χ4v) is 5.12. The molecule has 152 valence electrons. The molecule has 4 nitrogen and oxygen atoms in total. The molecule has 5 heteroatoms. The van der Waals surface area contributed by atoms with Gasteiger partial charge in [0.2, 0.25) is 0 Å². The van der Waals surface area contributed by atoms with E-state index < -0.39 is 0 Å². The normalized spacial score (nSPS) is 19.2. The lowest BCUT2D eigenvalue weighted by Gasteiger charge is -2.41. The minimum absolute atomic E-state index is 0.148. The number of H-pyrrole nitrogens is 1. The third kappa shape index (κ3) is 4.07. The summed E-state index contributed by atoms with van der Waals surface area (Å²) in [5.41, 5.74) is 4.90. The van der Waals surface area contributed by atoms with Gasteiger partial charge >= 0.3 is 5.97 Å². The number of rotatable bonds is 7. The highest BCUT2D eigenvalue weighted by Gasteiger charge is 2.40. The average Bonchev–Trinajstić information content (AvgIpc) is 3.13. The number of nitrogens with zero attached hydrogens (tertiary/aromatic N) is 1. The highest BCUT2D eigenvalue weighted by Crippen LogP contribution is 2.40. The summed E-state index contributed by atoms with van der Waals surface area (Å²) in [6.45, 7) is 2.93. The molecule has 4 rings (SSSR count). The number of benzene rings is 2. The second-order valence-corrected chi connectivity index (χ2v) is 8.86. The molecule has 3 aromatic rings. The van der Waals surface area contributed by atoms with Gasteiger partial charge in [-0.1, -0.05) is 55.5 Å². The fourth-order valence-electron chi connectivity index (χ4n) is 4.44. The van der Waals surface area contributed by atoms with Gasteiger partial charge in [0.05, 0.1) is 13.2 Å². The minimum Gasteiger partial charge on any atom is -0.468 e. The topological polar surface area (TPSA) is 45.3 Å². The Kier molecular flexibility index (Phi) is 6.26. The Hall–Kier alpha value is -2.24. The molecule has 1 aromatic heterocycles. The van der Waals surface area contributed by atoms with Gasteiger partial charge in [-0.2, -0.15) is 11.8 Å². The second-order valence-electron chi connectivity index (χ2n) is 7.47. The molecule has 0 spiro atoms. The predicted molar refractivity (Wildman–Crippen MR) is 120 cm³/mol. The SMILES string of the molecule is CCSCC[C@H]1c2[nH]c3ccccc3c2C[C@@H](C(=O)OC)N1Cc1ccccc1. The zero-order valence-corrected chi connectivity index (χ0v) is 17.9. The third-order valence-electron chi connectivity index (χ3n) is 5.80. The first-order chi connectivity index (χ1) is 14.2. The fraction of sp³-hybridized carbons (Fsp3) is 0.375. The van der Waals surface area contributed by atoms with E-state index in [0.29, 0.717) is 6.42 Å². The van der Waals surface area contributed by atoms with Crippen molar-refractivity contribution in [2.24, 2.45) is 0 Å². The first-order valence-electron chi connectivity index (χ1n) is 10.3. The standard InChI is InChI=1S/C24H28N2O2S/c1-3-29-14-13-21-23-19(18-11-7-8-12-20(18)25-23)15-22(24(27)28-2)26(21)16-17-9-5-4-6-10-17/h4-12,21-22,25H,3,13-16H2,1-2H3/t21-,22-/m0/s1. The van der Waals surface area contributed by atoms with Crippen LogP contribution in [0.15, 0.2) is 54.6 Å². The molecule has 29 heavy (non-hydrogen) atoms. The number of aromatic nitrogens is 1. The van der Waals surface area contributed by atoms with Crippen molar-refractivity contribution in [1.29, 1.82) is 0 Å². The lowest BCUT2D eigenvalue weighted by molar-refractivity contribution is -0.149. The first-order valence-corrected chi connectivity index (χ1v) is 11.4. The van der Waals surface area contributed by atoms with Crippen LogP contribution in [0, 0.1) is 0 Å². The molecule has 0 unspecified atom stereocenters. The van der Waals surface area contributed by atoms with Gasteiger partial charge in [0.1, 0.15) is 6.04 Å². The number of aromatic amines is 1. The zero-order valence-electron chi connectivity index (χ0n) is 17.1. The van der Waals surface area contributed by atoms with Crippen molar-refractivity contribution in [3.05, 3.63) is 71.4 Å². The van der Waals surface area contributed by atoms with E-state index in [4.69, 9.17) is 4.74 Å². The van der Waals surface area contributed by atoms with E-state index in [2.05, 4.69) is 65.3 Å². The molecule has 2 aromatic carbocycles. The molecule has 0 radical (unpaired) electrons. The molecule has 1 aliphatic rings. The number of carbonyl (C=O) groups excluding carboxylic acids is 1. The Balaban J connectivity index is 1.78. The van der Waals surface area contributed by atoms with Crippen molar-refractivity contribution in [3.63, 3.8) is 0 Å². The van der Waals surface area contributed by atoms with Crippen LogP contribution in [0.3, 0.4) is 0 Å². The van der Waals surface area contributed by atoms with Crippen molar-refractivity contribution >= 4 is 28.6 Å². The van der Waals surface area contributed by atoms with E-state index in [-0.39, 0.29) is 18.1 Å². The largest absolute Gasteiger partial charge is 0.468 e. The summed E-state index contributed by atoms with van der Waals surface area (Å²) in [4.78, 5) is 18.9. The lowest BCUT2D eigenvalue weighted by atomic mass is 9.89. The van der Waals surface area contributed by atoms with Crippen molar-refractivity contribution < 1.29 is 9.53 Å². The van der Waals surface area contributed by atoms with Crippen LogP contribution < -0.4 is 0 Å². The molecular formula is C24H28N2O2S. The zero-order chi connectivity index (χ0) is 20.2. The van der Waals surface area contributed by atoms with Gasteiger partial charge in [-0.25, -0.2) is 0 Å².